The molecule has 0 radical (unpaired) electrons. The fraction of sp³-hybridized carbons (Fsp3) is 0.526. The molecule has 2 saturated heterocycles. The lowest BCUT2D eigenvalue weighted by Crippen LogP contribution is -2.39. The number of carbonyl (C=O) groups excluding carboxylic acids is 2. The van der Waals surface area contributed by atoms with Crippen molar-refractivity contribution in [2.45, 2.75) is 32.6 Å². The SMILES string of the molecule is CC(C)c1ccc(N2CC[C@@H](C(=O)N3CC[C@@H](C(=O)O)C3)C2=O)cc1. The van der Waals surface area contributed by atoms with Gasteiger partial charge in [0.05, 0.1) is 5.92 Å². The number of nitrogens with zero attached hydrogens (tertiary/aromatic N) is 2. The average Bonchev–Trinajstić information content (AvgIpc) is 3.21. The highest BCUT2D eigenvalue weighted by Gasteiger charge is 2.42. The Morgan fingerprint density at radius 2 is 1.80 bits per heavy atom. The van der Waals surface area contributed by atoms with Crippen LogP contribution in [0.1, 0.15) is 38.2 Å². The molecular formula is C19H24N2O4. The zero-order valence-electron chi connectivity index (χ0n) is 14.6. The number of anilines is 1. The third-order valence-corrected chi connectivity index (χ3v) is 5.22. The maximum Gasteiger partial charge on any atom is 0.308 e. The summed E-state index contributed by atoms with van der Waals surface area (Å²) in [6, 6.07) is 7.88. The summed E-state index contributed by atoms with van der Waals surface area (Å²) in [7, 11) is 0. The van der Waals surface area contributed by atoms with Gasteiger partial charge in [-0.3, -0.25) is 14.4 Å². The molecule has 0 unspecified atom stereocenters. The third kappa shape index (κ3) is 3.38. The summed E-state index contributed by atoms with van der Waals surface area (Å²) in [5, 5.41) is 9.07. The minimum Gasteiger partial charge on any atom is -0.481 e. The normalized spacial score (nSPS) is 23.6. The van der Waals surface area contributed by atoms with Crippen LogP contribution < -0.4 is 4.90 Å². The van der Waals surface area contributed by atoms with E-state index in [-0.39, 0.29) is 18.4 Å². The summed E-state index contributed by atoms with van der Waals surface area (Å²) in [4.78, 5) is 39.6. The third-order valence-electron chi connectivity index (χ3n) is 5.22. The molecule has 2 atom stereocenters. The molecule has 25 heavy (non-hydrogen) atoms. The Kier molecular flexibility index (Phi) is 4.79. The second-order valence-corrected chi connectivity index (χ2v) is 7.19. The lowest BCUT2D eigenvalue weighted by molar-refractivity contribution is -0.142. The van der Waals surface area contributed by atoms with E-state index in [1.54, 1.807) is 4.90 Å². The first-order chi connectivity index (χ1) is 11.9. The number of carboxylic acid groups (broad SMARTS) is 1. The van der Waals surface area contributed by atoms with E-state index in [1.807, 2.05) is 24.3 Å². The van der Waals surface area contributed by atoms with Gasteiger partial charge in [-0.25, -0.2) is 0 Å². The molecule has 1 N–H and O–H groups in total. The minimum absolute atomic E-state index is 0.180. The highest BCUT2D eigenvalue weighted by atomic mass is 16.4. The number of aliphatic carboxylic acids is 1. The van der Waals surface area contributed by atoms with Gasteiger partial charge in [-0.05, 0) is 36.5 Å². The van der Waals surface area contributed by atoms with Gasteiger partial charge in [-0.15, -0.1) is 0 Å². The van der Waals surface area contributed by atoms with Gasteiger partial charge in [-0.1, -0.05) is 26.0 Å². The molecule has 3 rings (SSSR count). The smallest absolute Gasteiger partial charge is 0.308 e. The van der Waals surface area contributed by atoms with E-state index < -0.39 is 17.8 Å². The van der Waals surface area contributed by atoms with Crippen molar-refractivity contribution in [3.8, 4) is 0 Å². The number of carboxylic acids is 1. The van der Waals surface area contributed by atoms with Gasteiger partial charge in [0, 0.05) is 25.3 Å². The van der Waals surface area contributed by atoms with Gasteiger partial charge in [0.2, 0.25) is 11.8 Å². The first-order valence-electron chi connectivity index (χ1n) is 8.81. The number of carbonyl (C=O) groups is 3. The molecule has 1 aromatic rings. The summed E-state index contributed by atoms with van der Waals surface area (Å²) < 4.78 is 0. The average molecular weight is 344 g/mol. The monoisotopic (exact) mass is 344 g/mol. The Bertz CT molecular complexity index is 683. The molecule has 0 aliphatic carbocycles. The first kappa shape index (κ1) is 17.5. The maximum absolute atomic E-state index is 12.7. The quantitative estimate of drug-likeness (QED) is 0.849. The van der Waals surface area contributed by atoms with Crippen LogP contribution in [-0.2, 0) is 14.4 Å². The fourth-order valence-corrected chi connectivity index (χ4v) is 3.59. The molecule has 2 heterocycles. The standard InChI is InChI=1S/C19H24N2O4/c1-12(2)13-3-5-15(6-4-13)21-10-8-16(18(21)23)17(22)20-9-7-14(11-20)19(24)25/h3-6,12,14,16H,7-11H2,1-2H3,(H,24,25)/t14-,16+/m1/s1. The van der Waals surface area contributed by atoms with Crippen molar-refractivity contribution in [2.24, 2.45) is 11.8 Å². The molecule has 0 saturated carbocycles. The van der Waals surface area contributed by atoms with Gasteiger partial charge < -0.3 is 14.9 Å². The summed E-state index contributed by atoms with van der Waals surface area (Å²) >= 11 is 0. The van der Waals surface area contributed by atoms with E-state index in [9.17, 15) is 14.4 Å². The van der Waals surface area contributed by atoms with Crippen molar-refractivity contribution in [2.75, 3.05) is 24.5 Å². The first-order valence-corrected chi connectivity index (χ1v) is 8.81. The number of likely N-dealkylation sites (tertiary alicyclic amines) is 1. The topological polar surface area (TPSA) is 77.9 Å². The molecule has 1 aromatic carbocycles. The van der Waals surface area contributed by atoms with E-state index in [0.29, 0.717) is 31.8 Å². The Morgan fingerprint density at radius 1 is 1.12 bits per heavy atom. The van der Waals surface area contributed by atoms with Gasteiger partial charge in [0.1, 0.15) is 5.92 Å². The fourth-order valence-electron chi connectivity index (χ4n) is 3.59. The Labute approximate surface area is 147 Å². The number of hydrogen-bond acceptors (Lipinski definition) is 3. The number of amides is 2. The second kappa shape index (κ2) is 6.86. The molecule has 2 aliphatic rings. The molecular weight excluding hydrogens is 320 g/mol. The van der Waals surface area contributed by atoms with Gasteiger partial charge in [0.25, 0.3) is 0 Å². The molecule has 134 valence electrons. The second-order valence-electron chi connectivity index (χ2n) is 7.19. The molecule has 0 bridgehead atoms. The van der Waals surface area contributed by atoms with Gasteiger partial charge >= 0.3 is 5.97 Å². The van der Waals surface area contributed by atoms with Crippen molar-refractivity contribution in [1.82, 2.24) is 4.90 Å². The summed E-state index contributed by atoms with van der Waals surface area (Å²) in [6.45, 7) is 5.38. The molecule has 2 aliphatic heterocycles. The van der Waals surface area contributed by atoms with Crippen LogP contribution in [0.15, 0.2) is 24.3 Å². The number of benzene rings is 1. The number of rotatable bonds is 4. The van der Waals surface area contributed by atoms with Crippen molar-refractivity contribution in [1.29, 1.82) is 0 Å². The maximum atomic E-state index is 12.7. The van der Waals surface area contributed by atoms with Crippen LogP contribution in [0.25, 0.3) is 0 Å². The highest BCUT2D eigenvalue weighted by molar-refractivity contribution is 6.09. The largest absolute Gasteiger partial charge is 0.481 e. The van der Waals surface area contributed by atoms with E-state index in [4.69, 9.17) is 5.11 Å². The van der Waals surface area contributed by atoms with Crippen LogP contribution in [0.5, 0.6) is 0 Å². The van der Waals surface area contributed by atoms with E-state index in [1.165, 1.54) is 10.5 Å². The van der Waals surface area contributed by atoms with Gasteiger partial charge in [-0.2, -0.15) is 0 Å². The summed E-state index contributed by atoms with van der Waals surface area (Å²) in [5.41, 5.74) is 2.02. The molecule has 6 nitrogen and oxygen atoms in total. The molecule has 2 amide bonds. The predicted molar refractivity (Wildman–Crippen MR) is 93.3 cm³/mol. The predicted octanol–water partition coefficient (Wildman–Crippen LogP) is 2.10. The zero-order valence-corrected chi connectivity index (χ0v) is 14.6. The van der Waals surface area contributed by atoms with Crippen LogP contribution in [0.3, 0.4) is 0 Å². The van der Waals surface area contributed by atoms with E-state index in [0.717, 1.165) is 5.69 Å². The van der Waals surface area contributed by atoms with E-state index >= 15 is 0 Å². The highest BCUT2D eigenvalue weighted by Crippen LogP contribution is 2.29. The van der Waals surface area contributed by atoms with Crippen LogP contribution in [0, 0.1) is 11.8 Å². The van der Waals surface area contributed by atoms with Crippen LogP contribution in [0.2, 0.25) is 0 Å². The van der Waals surface area contributed by atoms with E-state index in [2.05, 4.69) is 13.8 Å². The van der Waals surface area contributed by atoms with Crippen molar-refractivity contribution < 1.29 is 19.5 Å². The Morgan fingerprint density at radius 3 is 2.36 bits per heavy atom. The van der Waals surface area contributed by atoms with Crippen molar-refractivity contribution in [3.05, 3.63) is 29.8 Å². The van der Waals surface area contributed by atoms with Gasteiger partial charge in [0.15, 0.2) is 0 Å². The Hall–Kier alpha value is -2.37. The van der Waals surface area contributed by atoms with Crippen LogP contribution >= 0.6 is 0 Å². The lowest BCUT2D eigenvalue weighted by Gasteiger charge is -2.21. The molecule has 6 heteroatoms. The van der Waals surface area contributed by atoms with Crippen molar-refractivity contribution >= 4 is 23.5 Å². The number of hydrogen-bond donors (Lipinski definition) is 1. The molecule has 0 aromatic heterocycles. The van der Waals surface area contributed by atoms with Crippen molar-refractivity contribution in [3.63, 3.8) is 0 Å². The molecule has 0 spiro atoms. The minimum atomic E-state index is -0.875. The lowest BCUT2D eigenvalue weighted by atomic mass is 10.0. The summed E-state index contributed by atoms with van der Waals surface area (Å²) in [5.74, 6) is -2.05. The van der Waals surface area contributed by atoms with Crippen LogP contribution in [-0.4, -0.2) is 47.4 Å². The van der Waals surface area contributed by atoms with Crippen LogP contribution in [0.4, 0.5) is 5.69 Å². The Balaban J connectivity index is 1.67. The molecule has 2 fully saturated rings. The zero-order chi connectivity index (χ0) is 18.1. The summed E-state index contributed by atoms with van der Waals surface area (Å²) in [6.07, 6.45) is 0.945.